The number of hydrogen-bond acceptors (Lipinski definition) is 5. The van der Waals surface area contributed by atoms with E-state index in [0.29, 0.717) is 5.75 Å². The summed E-state index contributed by atoms with van der Waals surface area (Å²) in [6.07, 6.45) is 3.41. The van der Waals surface area contributed by atoms with Crippen molar-refractivity contribution in [2.24, 2.45) is 5.41 Å². The fourth-order valence-corrected chi connectivity index (χ4v) is 5.67. The minimum atomic E-state index is -0.560. The Kier molecular flexibility index (Phi) is 4.88. The smallest absolute Gasteiger partial charge is 0.244 e. The number of amides is 3. The molecule has 4 rings (SSSR count). The predicted molar refractivity (Wildman–Crippen MR) is 107 cm³/mol. The lowest BCUT2D eigenvalue weighted by Gasteiger charge is -2.21. The normalized spacial score (nSPS) is 25.1. The number of aryl methyl sites for hydroxylation is 1. The van der Waals surface area contributed by atoms with Crippen LogP contribution >= 0.6 is 11.8 Å². The van der Waals surface area contributed by atoms with E-state index in [2.05, 4.69) is 16.3 Å². The Bertz CT molecular complexity index is 783. The number of nitrogens with one attached hydrogen (secondary N) is 1. The van der Waals surface area contributed by atoms with Gasteiger partial charge >= 0.3 is 0 Å². The minimum absolute atomic E-state index is 0.172. The minimum Gasteiger partial charge on any atom is -0.372 e. The quantitative estimate of drug-likeness (QED) is 0.804. The Hall–Kier alpha value is -2.02. The molecule has 3 aliphatic heterocycles. The Balaban J connectivity index is 1.41. The molecule has 0 aromatic heterocycles. The van der Waals surface area contributed by atoms with Crippen molar-refractivity contribution in [3.05, 3.63) is 23.8 Å². The molecule has 3 aliphatic rings. The standard InChI is InChI=1S/C20H25N3O3S/c1-14-10-15(22-7-2-3-8-22)4-5-16(14)21-17(24)12-23-18(25)11-20(19(23)26)6-9-27-13-20/h4-5,10H,2-3,6-9,11-13H2,1H3,(H,21,24)/t20-/m1/s1. The van der Waals surface area contributed by atoms with E-state index in [4.69, 9.17) is 0 Å². The van der Waals surface area contributed by atoms with Crippen LogP contribution in [-0.2, 0) is 14.4 Å². The molecule has 3 fully saturated rings. The van der Waals surface area contributed by atoms with Gasteiger partial charge < -0.3 is 10.2 Å². The van der Waals surface area contributed by atoms with E-state index >= 15 is 0 Å². The summed E-state index contributed by atoms with van der Waals surface area (Å²) >= 11 is 1.71. The molecule has 6 nitrogen and oxygen atoms in total. The first-order chi connectivity index (χ1) is 13.0. The van der Waals surface area contributed by atoms with Crippen LogP contribution < -0.4 is 10.2 Å². The summed E-state index contributed by atoms with van der Waals surface area (Å²) < 4.78 is 0. The Labute approximate surface area is 163 Å². The molecule has 1 spiro atoms. The molecule has 0 saturated carbocycles. The number of nitrogens with zero attached hydrogens (tertiary/aromatic N) is 2. The average Bonchev–Trinajstić information content (AvgIpc) is 3.36. The molecule has 0 unspecified atom stereocenters. The molecule has 1 atom stereocenters. The van der Waals surface area contributed by atoms with E-state index in [9.17, 15) is 14.4 Å². The number of hydrogen-bond donors (Lipinski definition) is 1. The number of anilines is 2. The van der Waals surface area contributed by atoms with Crippen molar-refractivity contribution >= 4 is 40.9 Å². The highest BCUT2D eigenvalue weighted by Crippen LogP contribution is 2.44. The molecule has 3 saturated heterocycles. The fraction of sp³-hybridized carbons (Fsp3) is 0.550. The van der Waals surface area contributed by atoms with Crippen LogP contribution in [0.25, 0.3) is 0 Å². The highest BCUT2D eigenvalue weighted by molar-refractivity contribution is 7.99. The molecule has 0 radical (unpaired) electrons. The van der Waals surface area contributed by atoms with Crippen molar-refractivity contribution in [3.63, 3.8) is 0 Å². The van der Waals surface area contributed by atoms with Crippen LogP contribution in [0.2, 0.25) is 0 Å². The van der Waals surface area contributed by atoms with E-state index < -0.39 is 5.41 Å². The van der Waals surface area contributed by atoms with Crippen molar-refractivity contribution < 1.29 is 14.4 Å². The third-order valence-electron chi connectivity index (χ3n) is 5.85. The number of benzene rings is 1. The van der Waals surface area contributed by atoms with Crippen LogP contribution in [-0.4, -0.2) is 53.8 Å². The molecule has 1 aromatic carbocycles. The Morgan fingerprint density at radius 3 is 2.70 bits per heavy atom. The second kappa shape index (κ2) is 7.19. The number of carbonyl (C=O) groups excluding carboxylic acids is 3. The van der Waals surface area contributed by atoms with Crippen molar-refractivity contribution in [2.45, 2.75) is 32.6 Å². The van der Waals surface area contributed by atoms with Crippen LogP contribution in [0.1, 0.15) is 31.2 Å². The number of rotatable bonds is 4. The molecule has 27 heavy (non-hydrogen) atoms. The topological polar surface area (TPSA) is 69.7 Å². The maximum Gasteiger partial charge on any atom is 0.244 e. The molecular weight excluding hydrogens is 362 g/mol. The zero-order valence-corrected chi connectivity index (χ0v) is 16.4. The van der Waals surface area contributed by atoms with E-state index in [1.807, 2.05) is 19.1 Å². The number of carbonyl (C=O) groups is 3. The Morgan fingerprint density at radius 1 is 1.26 bits per heavy atom. The molecule has 1 N–H and O–H groups in total. The molecule has 0 bridgehead atoms. The van der Waals surface area contributed by atoms with E-state index in [1.54, 1.807) is 11.8 Å². The van der Waals surface area contributed by atoms with E-state index in [0.717, 1.165) is 41.4 Å². The summed E-state index contributed by atoms with van der Waals surface area (Å²) in [5.41, 5.74) is 2.33. The number of thioether (sulfide) groups is 1. The van der Waals surface area contributed by atoms with Crippen LogP contribution in [0.3, 0.4) is 0 Å². The molecule has 3 heterocycles. The van der Waals surface area contributed by atoms with Crippen LogP contribution in [0.15, 0.2) is 18.2 Å². The number of likely N-dealkylation sites (tertiary alicyclic amines) is 1. The van der Waals surface area contributed by atoms with Gasteiger partial charge in [-0.25, -0.2) is 0 Å². The third kappa shape index (κ3) is 3.45. The highest BCUT2D eigenvalue weighted by atomic mass is 32.2. The Morgan fingerprint density at radius 2 is 2.04 bits per heavy atom. The summed E-state index contributed by atoms with van der Waals surface area (Å²) in [4.78, 5) is 41.0. The summed E-state index contributed by atoms with van der Waals surface area (Å²) in [6, 6.07) is 6.01. The monoisotopic (exact) mass is 387 g/mol. The third-order valence-corrected chi connectivity index (χ3v) is 7.10. The SMILES string of the molecule is Cc1cc(N2CCCC2)ccc1NC(=O)CN1C(=O)C[C@@]2(CCSC2)C1=O. The van der Waals surface area contributed by atoms with Gasteiger partial charge in [0, 0.05) is 36.6 Å². The van der Waals surface area contributed by atoms with Gasteiger partial charge in [-0.05, 0) is 55.7 Å². The summed E-state index contributed by atoms with van der Waals surface area (Å²) in [7, 11) is 0. The maximum atomic E-state index is 12.7. The van der Waals surface area contributed by atoms with Crippen LogP contribution in [0, 0.1) is 12.3 Å². The second-order valence-electron chi connectivity index (χ2n) is 7.79. The van der Waals surface area contributed by atoms with Crippen molar-refractivity contribution in [1.29, 1.82) is 0 Å². The first-order valence-electron chi connectivity index (χ1n) is 9.57. The highest BCUT2D eigenvalue weighted by Gasteiger charge is 2.53. The van der Waals surface area contributed by atoms with Crippen molar-refractivity contribution in [1.82, 2.24) is 4.90 Å². The first kappa shape index (κ1) is 18.3. The van der Waals surface area contributed by atoms with Gasteiger partial charge in [-0.15, -0.1) is 0 Å². The van der Waals surface area contributed by atoms with Gasteiger partial charge in [0.05, 0.1) is 5.41 Å². The lowest BCUT2D eigenvalue weighted by atomic mass is 9.86. The fourth-order valence-electron chi connectivity index (χ4n) is 4.23. The second-order valence-corrected chi connectivity index (χ2v) is 8.89. The molecule has 1 aromatic rings. The maximum absolute atomic E-state index is 12.7. The van der Waals surface area contributed by atoms with Gasteiger partial charge in [0.25, 0.3) is 0 Å². The van der Waals surface area contributed by atoms with Gasteiger partial charge in [-0.2, -0.15) is 11.8 Å². The first-order valence-corrected chi connectivity index (χ1v) is 10.7. The van der Waals surface area contributed by atoms with Gasteiger partial charge in [0.1, 0.15) is 6.54 Å². The summed E-state index contributed by atoms with van der Waals surface area (Å²) in [5.74, 6) is 0.873. The number of imide groups is 1. The van der Waals surface area contributed by atoms with E-state index in [-0.39, 0.29) is 30.7 Å². The summed E-state index contributed by atoms with van der Waals surface area (Å²) in [6.45, 7) is 3.91. The van der Waals surface area contributed by atoms with Gasteiger partial charge in [0.2, 0.25) is 17.7 Å². The summed E-state index contributed by atoms with van der Waals surface area (Å²) in [5, 5.41) is 2.87. The van der Waals surface area contributed by atoms with Gasteiger partial charge in [-0.3, -0.25) is 19.3 Å². The molecule has 0 aliphatic carbocycles. The molecule has 7 heteroatoms. The zero-order chi connectivity index (χ0) is 19.0. The van der Waals surface area contributed by atoms with Crippen molar-refractivity contribution in [3.8, 4) is 0 Å². The molecular formula is C20H25N3O3S. The van der Waals surface area contributed by atoms with E-state index in [1.165, 1.54) is 18.5 Å². The van der Waals surface area contributed by atoms with Crippen molar-refractivity contribution in [2.75, 3.05) is 41.4 Å². The molecule has 3 amide bonds. The lowest BCUT2D eigenvalue weighted by molar-refractivity contribution is -0.143. The predicted octanol–water partition coefficient (Wildman–Crippen LogP) is 2.42. The van der Waals surface area contributed by atoms with Gasteiger partial charge in [-0.1, -0.05) is 0 Å². The lowest BCUT2D eigenvalue weighted by Crippen LogP contribution is -2.40. The van der Waals surface area contributed by atoms with Crippen LogP contribution in [0.5, 0.6) is 0 Å². The largest absolute Gasteiger partial charge is 0.372 e. The molecule has 144 valence electrons. The van der Waals surface area contributed by atoms with Crippen LogP contribution in [0.4, 0.5) is 11.4 Å². The van der Waals surface area contributed by atoms with Gasteiger partial charge in [0.15, 0.2) is 0 Å². The average molecular weight is 388 g/mol. The zero-order valence-electron chi connectivity index (χ0n) is 15.6.